The third kappa shape index (κ3) is 6.94. The van der Waals surface area contributed by atoms with Crippen LogP contribution in [0.2, 0.25) is 5.02 Å². The van der Waals surface area contributed by atoms with E-state index in [0.29, 0.717) is 28.5 Å². The molecule has 0 aliphatic carbocycles. The highest BCUT2D eigenvalue weighted by atomic mass is 79.9. The molecule has 0 heterocycles. The second kappa shape index (κ2) is 11.3. The molecule has 2 amide bonds. The topological polar surface area (TPSA) is 79.8 Å². The number of carbonyl (C=O) groups excluding carboxylic acids is 2. The van der Waals surface area contributed by atoms with Crippen LogP contribution in [-0.2, 0) is 11.4 Å². The summed E-state index contributed by atoms with van der Waals surface area (Å²) in [4.78, 5) is 24.1. The van der Waals surface area contributed by atoms with Gasteiger partial charge in [-0.15, -0.1) is 0 Å². The second-order valence-electron chi connectivity index (χ2n) is 6.41. The molecule has 0 atom stereocenters. The molecule has 0 saturated carbocycles. The first-order valence-electron chi connectivity index (χ1n) is 9.34. The molecule has 3 rings (SSSR count). The van der Waals surface area contributed by atoms with E-state index in [1.165, 1.54) is 6.21 Å². The van der Waals surface area contributed by atoms with E-state index in [1.54, 1.807) is 24.3 Å². The molecule has 0 bridgehead atoms. The Kier molecular flexibility index (Phi) is 8.20. The molecule has 0 saturated heterocycles. The molecule has 158 valence electrons. The maximum Gasteiger partial charge on any atom is 0.259 e. The number of nitrogens with one attached hydrogen (secondary N) is 2. The minimum Gasteiger partial charge on any atom is -0.488 e. The van der Waals surface area contributed by atoms with Gasteiger partial charge in [-0.05, 0) is 35.9 Å². The number of benzene rings is 3. The van der Waals surface area contributed by atoms with Crippen molar-refractivity contribution >= 4 is 45.6 Å². The first kappa shape index (κ1) is 22.5. The Bertz CT molecular complexity index is 1090. The minimum atomic E-state index is -0.474. The molecule has 31 heavy (non-hydrogen) atoms. The minimum absolute atomic E-state index is 0.239. The summed E-state index contributed by atoms with van der Waals surface area (Å²) in [6.45, 7) is 0.168. The van der Waals surface area contributed by atoms with E-state index < -0.39 is 11.8 Å². The van der Waals surface area contributed by atoms with Crippen molar-refractivity contribution in [2.45, 2.75) is 6.61 Å². The van der Waals surface area contributed by atoms with Gasteiger partial charge in [-0.1, -0.05) is 70.0 Å². The molecule has 0 fully saturated rings. The fraction of sp³-hybridized carbons (Fsp3) is 0.0870. The average Bonchev–Trinajstić information content (AvgIpc) is 2.78. The number of amides is 2. The van der Waals surface area contributed by atoms with Crippen molar-refractivity contribution < 1.29 is 14.3 Å². The molecular weight excluding hydrogens is 482 g/mol. The first-order valence-corrected chi connectivity index (χ1v) is 10.5. The maximum absolute atomic E-state index is 12.1. The van der Waals surface area contributed by atoms with Crippen molar-refractivity contribution in [3.05, 3.63) is 99.0 Å². The van der Waals surface area contributed by atoms with Crippen molar-refractivity contribution in [1.82, 2.24) is 10.7 Å². The fourth-order valence-electron chi connectivity index (χ4n) is 2.60. The molecule has 6 nitrogen and oxygen atoms in total. The van der Waals surface area contributed by atoms with Gasteiger partial charge in [0.1, 0.15) is 12.4 Å². The molecule has 3 aromatic rings. The quantitative estimate of drug-likeness (QED) is 0.351. The lowest BCUT2D eigenvalue weighted by Crippen LogP contribution is -2.35. The van der Waals surface area contributed by atoms with Gasteiger partial charge in [0.05, 0.1) is 23.3 Å². The monoisotopic (exact) mass is 499 g/mol. The van der Waals surface area contributed by atoms with Crippen LogP contribution in [0.25, 0.3) is 0 Å². The number of rotatable bonds is 8. The van der Waals surface area contributed by atoms with E-state index >= 15 is 0 Å². The summed E-state index contributed by atoms with van der Waals surface area (Å²) in [6, 6.07) is 21.9. The molecule has 8 heteroatoms. The lowest BCUT2D eigenvalue weighted by Gasteiger charge is -2.10. The SMILES string of the molecule is O=C(CNC(=O)c1ccccc1Cl)NN=Cc1cc(Br)ccc1OCc1ccccc1. The highest BCUT2D eigenvalue weighted by molar-refractivity contribution is 9.10. The predicted octanol–water partition coefficient (Wildman–Crippen LogP) is 4.56. The number of nitrogens with zero attached hydrogens (tertiary/aromatic N) is 1. The van der Waals surface area contributed by atoms with Gasteiger partial charge in [0, 0.05) is 10.0 Å². The van der Waals surface area contributed by atoms with E-state index in [0.717, 1.165) is 10.0 Å². The van der Waals surface area contributed by atoms with Gasteiger partial charge in [0.2, 0.25) is 0 Å². The summed E-state index contributed by atoms with van der Waals surface area (Å²) in [5, 5.41) is 6.79. The van der Waals surface area contributed by atoms with Crippen LogP contribution in [0.1, 0.15) is 21.5 Å². The molecule has 0 aromatic heterocycles. The maximum atomic E-state index is 12.1. The summed E-state index contributed by atoms with van der Waals surface area (Å²) < 4.78 is 6.73. The van der Waals surface area contributed by atoms with E-state index in [9.17, 15) is 9.59 Å². The summed E-state index contributed by atoms with van der Waals surface area (Å²) in [6.07, 6.45) is 1.48. The number of halogens is 2. The Morgan fingerprint density at radius 2 is 1.77 bits per heavy atom. The van der Waals surface area contributed by atoms with Gasteiger partial charge in [0.15, 0.2) is 0 Å². The van der Waals surface area contributed by atoms with Gasteiger partial charge in [0.25, 0.3) is 11.8 Å². The highest BCUT2D eigenvalue weighted by Crippen LogP contribution is 2.23. The Morgan fingerprint density at radius 1 is 1.03 bits per heavy atom. The molecule has 0 aliphatic rings. The van der Waals surface area contributed by atoms with Crippen LogP contribution in [0.5, 0.6) is 5.75 Å². The van der Waals surface area contributed by atoms with Crippen LogP contribution in [0.3, 0.4) is 0 Å². The van der Waals surface area contributed by atoms with Crippen LogP contribution in [0.4, 0.5) is 0 Å². The van der Waals surface area contributed by atoms with E-state index in [-0.39, 0.29) is 6.54 Å². The highest BCUT2D eigenvalue weighted by Gasteiger charge is 2.10. The van der Waals surface area contributed by atoms with Crippen molar-refractivity contribution in [1.29, 1.82) is 0 Å². The summed E-state index contributed by atoms with van der Waals surface area (Å²) >= 11 is 9.40. The molecule has 0 unspecified atom stereocenters. The molecule has 0 radical (unpaired) electrons. The van der Waals surface area contributed by atoms with Gasteiger partial charge in [-0.25, -0.2) is 5.43 Å². The third-order valence-corrected chi connectivity index (χ3v) is 4.95. The van der Waals surface area contributed by atoms with E-state index in [2.05, 4.69) is 31.8 Å². The van der Waals surface area contributed by atoms with Gasteiger partial charge >= 0.3 is 0 Å². The normalized spacial score (nSPS) is 10.6. The summed E-state index contributed by atoms with van der Waals surface area (Å²) in [5.74, 6) is -0.288. The molecule has 0 aliphatic heterocycles. The van der Waals surface area contributed by atoms with Crippen LogP contribution in [0, 0.1) is 0 Å². The zero-order chi connectivity index (χ0) is 22.1. The van der Waals surface area contributed by atoms with Crippen molar-refractivity contribution in [3.63, 3.8) is 0 Å². The van der Waals surface area contributed by atoms with Gasteiger partial charge in [-0.2, -0.15) is 5.10 Å². The largest absolute Gasteiger partial charge is 0.488 e. The zero-order valence-corrected chi connectivity index (χ0v) is 18.7. The summed E-state index contributed by atoms with van der Waals surface area (Å²) in [5.41, 5.74) is 4.41. The van der Waals surface area contributed by atoms with Crippen LogP contribution < -0.4 is 15.5 Å². The average molecular weight is 501 g/mol. The lowest BCUT2D eigenvalue weighted by molar-refractivity contribution is -0.120. The number of ether oxygens (including phenoxy) is 1. The Balaban J connectivity index is 1.55. The molecule has 0 spiro atoms. The number of hydrogen-bond donors (Lipinski definition) is 2. The lowest BCUT2D eigenvalue weighted by atomic mass is 10.2. The third-order valence-electron chi connectivity index (χ3n) is 4.13. The summed E-state index contributed by atoms with van der Waals surface area (Å²) in [7, 11) is 0. The Hall–Kier alpha value is -3.16. The van der Waals surface area contributed by atoms with Crippen LogP contribution >= 0.6 is 27.5 Å². The van der Waals surface area contributed by atoms with E-state index in [1.807, 2.05) is 48.5 Å². The smallest absolute Gasteiger partial charge is 0.259 e. The van der Waals surface area contributed by atoms with E-state index in [4.69, 9.17) is 16.3 Å². The van der Waals surface area contributed by atoms with Crippen LogP contribution in [0.15, 0.2) is 82.4 Å². The van der Waals surface area contributed by atoms with Crippen molar-refractivity contribution in [2.75, 3.05) is 6.54 Å². The van der Waals surface area contributed by atoms with Gasteiger partial charge in [-0.3, -0.25) is 9.59 Å². The zero-order valence-electron chi connectivity index (χ0n) is 16.3. The Morgan fingerprint density at radius 3 is 2.55 bits per heavy atom. The molecule has 2 N–H and O–H groups in total. The van der Waals surface area contributed by atoms with Crippen molar-refractivity contribution in [3.8, 4) is 5.75 Å². The molecule has 3 aromatic carbocycles. The van der Waals surface area contributed by atoms with Crippen LogP contribution in [-0.4, -0.2) is 24.6 Å². The van der Waals surface area contributed by atoms with Crippen molar-refractivity contribution in [2.24, 2.45) is 5.10 Å². The first-order chi connectivity index (χ1) is 15.0. The second-order valence-corrected chi connectivity index (χ2v) is 7.73. The number of hydrazone groups is 1. The fourth-order valence-corrected chi connectivity index (χ4v) is 3.20. The predicted molar refractivity (Wildman–Crippen MR) is 124 cm³/mol. The molecular formula is C23H19BrClN3O3. The number of hydrogen-bond acceptors (Lipinski definition) is 4. The number of carbonyl (C=O) groups is 2. The standard InChI is InChI=1S/C23H19BrClN3O3/c24-18-10-11-21(31-15-16-6-2-1-3-7-16)17(12-18)13-27-28-22(29)14-26-23(30)19-8-4-5-9-20(19)25/h1-13H,14-15H2,(H,26,30)(H,28,29). The Labute approximate surface area is 193 Å². The van der Waals surface area contributed by atoms with Gasteiger partial charge < -0.3 is 10.1 Å².